The molecular formula is C13H17N3O2. The molecule has 2 N–H and O–H groups in total. The van der Waals surface area contributed by atoms with E-state index < -0.39 is 0 Å². The SMILES string of the molecule is O=C(Nc1cccnc1)N1C[C@H]2CC(O)C[C@H]2C1. The quantitative estimate of drug-likeness (QED) is 0.786. The lowest BCUT2D eigenvalue weighted by Crippen LogP contribution is -2.34. The van der Waals surface area contributed by atoms with Gasteiger partial charge >= 0.3 is 6.03 Å². The van der Waals surface area contributed by atoms with Gasteiger partial charge in [-0.1, -0.05) is 0 Å². The van der Waals surface area contributed by atoms with E-state index in [2.05, 4.69) is 10.3 Å². The Hall–Kier alpha value is -1.62. The molecule has 0 spiro atoms. The molecule has 2 amide bonds. The lowest BCUT2D eigenvalue weighted by Gasteiger charge is -2.18. The number of hydrogen-bond acceptors (Lipinski definition) is 3. The summed E-state index contributed by atoms with van der Waals surface area (Å²) in [6.45, 7) is 1.52. The molecule has 2 heterocycles. The predicted octanol–water partition coefficient (Wildman–Crippen LogP) is 1.32. The van der Waals surface area contributed by atoms with Crippen molar-refractivity contribution < 1.29 is 9.90 Å². The van der Waals surface area contributed by atoms with Crippen molar-refractivity contribution in [1.82, 2.24) is 9.88 Å². The van der Waals surface area contributed by atoms with Crippen molar-refractivity contribution in [3.8, 4) is 0 Å². The van der Waals surface area contributed by atoms with Crippen LogP contribution in [0.15, 0.2) is 24.5 Å². The number of urea groups is 1. The van der Waals surface area contributed by atoms with Gasteiger partial charge in [-0.3, -0.25) is 4.98 Å². The van der Waals surface area contributed by atoms with E-state index in [0.29, 0.717) is 11.8 Å². The first-order valence-corrected chi connectivity index (χ1v) is 6.36. The number of anilines is 1. The van der Waals surface area contributed by atoms with Gasteiger partial charge in [0.25, 0.3) is 0 Å². The average Bonchev–Trinajstić information content (AvgIpc) is 2.87. The summed E-state index contributed by atoms with van der Waals surface area (Å²) in [5.41, 5.74) is 0.722. The van der Waals surface area contributed by atoms with Gasteiger partial charge in [-0.15, -0.1) is 0 Å². The van der Waals surface area contributed by atoms with E-state index in [9.17, 15) is 9.90 Å². The van der Waals surface area contributed by atoms with E-state index in [1.54, 1.807) is 18.5 Å². The summed E-state index contributed by atoms with van der Waals surface area (Å²) in [4.78, 5) is 17.9. The first-order chi connectivity index (χ1) is 8.72. The highest BCUT2D eigenvalue weighted by molar-refractivity contribution is 5.89. The minimum absolute atomic E-state index is 0.0631. The summed E-state index contributed by atoms with van der Waals surface area (Å²) in [6, 6.07) is 3.56. The molecule has 1 saturated carbocycles. The summed E-state index contributed by atoms with van der Waals surface area (Å²) in [7, 11) is 0. The van der Waals surface area contributed by atoms with Gasteiger partial charge < -0.3 is 15.3 Å². The van der Waals surface area contributed by atoms with Crippen LogP contribution in [0.3, 0.4) is 0 Å². The number of nitrogens with one attached hydrogen (secondary N) is 1. The number of likely N-dealkylation sites (tertiary alicyclic amines) is 1. The molecule has 5 nitrogen and oxygen atoms in total. The lowest BCUT2D eigenvalue weighted by atomic mass is 10.0. The van der Waals surface area contributed by atoms with Crippen molar-refractivity contribution in [2.45, 2.75) is 18.9 Å². The van der Waals surface area contributed by atoms with Gasteiger partial charge in [0.15, 0.2) is 0 Å². The summed E-state index contributed by atoms with van der Waals surface area (Å²) in [5, 5.41) is 12.4. The molecule has 5 heteroatoms. The molecule has 1 aromatic heterocycles. The van der Waals surface area contributed by atoms with Gasteiger partial charge in [-0.25, -0.2) is 4.79 Å². The fraction of sp³-hybridized carbons (Fsp3) is 0.538. The van der Waals surface area contributed by atoms with Gasteiger partial charge in [-0.2, -0.15) is 0 Å². The van der Waals surface area contributed by atoms with Crippen LogP contribution in [0.2, 0.25) is 0 Å². The van der Waals surface area contributed by atoms with Crippen LogP contribution in [-0.2, 0) is 0 Å². The Balaban J connectivity index is 1.59. The third-order valence-electron chi connectivity index (χ3n) is 3.93. The third-order valence-corrected chi connectivity index (χ3v) is 3.93. The largest absolute Gasteiger partial charge is 0.393 e. The number of nitrogens with zero attached hydrogens (tertiary/aromatic N) is 2. The van der Waals surface area contributed by atoms with Crippen LogP contribution in [0.5, 0.6) is 0 Å². The van der Waals surface area contributed by atoms with Crippen molar-refractivity contribution in [1.29, 1.82) is 0 Å². The first-order valence-electron chi connectivity index (χ1n) is 6.36. The van der Waals surface area contributed by atoms with Gasteiger partial charge in [0.05, 0.1) is 18.0 Å². The third kappa shape index (κ3) is 2.18. The van der Waals surface area contributed by atoms with Crippen molar-refractivity contribution >= 4 is 11.7 Å². The number of hydrogen-bond donors (Lipinski definition) is 2. The van der Waals surface area contributed by atoms with E-state index in [0.717, 1.165) is 31.6 Å². The van der Waals surface area contributed by atoms with Crippen LogP contribution in [0.1, 0.15) is 12.8 Å². The Morgan fingerprint density at radius 3 is 2.72 bits per heavy atom. The zero-order valence-electron chi connectivity index (χ0n) is 10.1. The predicted molar refractivity (Wildman–Crippen MR) is 67.0 cm³/mol. The minimum Gasteiger partial charge on any atom is -0.393 e. The zero-order valence-corrected chi connectivity index (χ0v) is 10.1. The average molecular weight is 247 g/mol. The number of carbonyl (C=O) groups is 1. The molecule has 2 aliphatic rings. The maximum absolute atomic E-state index is 12.1. The van der Waals surface area contributed by atoms with Crippen LogP contribution >= 0.6 is 0 Å². The number of carbonyl (C=O) groups excluding carboxylic acids is 1. The highest BCUT2D eigenvalue weighted by Crippen LogP contribution is 2.38. The van der Waals surface area contributed by atoms with Gasteiger partial charge in [0.1, 0.15) is 0 Å². The molecule has 1 saturated heterocycles. The van der Waals surface area contributed by atoms with Crippen LogP contribution in [-0.4, -0.2) is 40.2 Å². The van der Waals surface area contributed by atoms with Crippen LogP contribution < -0.4 is 5.32 Å². The van der Waals surface area contributed by atoms with Gasteiger partial charge in [0, 0.05) is 19.3 Å². The van der Waals surface area contributed by atoms with E-state index in [4.69, 9.17) is 0 Å². The summed E-state index contributed by atoms with van der Waals surface area (Å²) < 4.78 is 0. The van der Waals surface area contributed by atoms with E-state index in [-0.39, 0.29) is 12.1 Å². The fourth-order valence-electron chi connectivity index (χ4n) is 3.07. The second-order valence-electron chi connectivity index (χ2n) is 5.22. The molecule has 1 aromatic rings. The number of amides is 2. The van der Waals surface area contributed by atoms with Crippen LogP contribution in [0.25, 0.3) is 0 Å². The number of aliphatic hydroxyl groups excluding tert-OH is 1. The standard InChI is InChI=1S/C13H17N3O2/c17-12-4-9-7-16(8-10(9)5-12)13(18)15-11-2-1-3-14-6-11/h1-3,6,9-10,12,17H,4-5,7-8H2,(H,15,18)/t9-,10+,12?. The molecular weight excluding hydrogens is 230 g/mol. The number of aliphatic hydroxyl groups is 1. The Kier molecular flexibility index (Phi) is 2.91. The molecule has 0 radical (unpaired) electrons. The Labute approximate surface area is 106 Å². The molecule has 1 aliphatic carbocycles. The number of rotatable bonds is 1. The Morgan fingerprint density at radius 1 is 1.39 bits per heavy atom. The maximum atomic E-state index is 12.1. The molecule has 3 atom stereocenters. The smallest absolute Gasteiger partial charge is 0.321 e. The number of aromatic nitrogens is 1. The van der Waals surface area contributed by atoms with Crippen molar-refractivity contribution in [2.24, 2.45) is 11.8 Å². The van der Waals surface area contributed by atoms with E-state index in [1.165, 1.54) is 0 Å². The van der Waals surface area contributed by atoms with Gasteiger partial charge in [0.2, 0.25) is 0 Å². The number of fused-ring (bicyclic) bond motifs is 1. The van der Waals surface area contributed by atoms with Crippen LogP contribution in [0, 0.1) is 11.8 Å². The van der Waals surface area contributed by atoms with Crippen molar-refractivity contribution in [3.63, 3.8) is 0 Å². The molecule has 96 valence electrons. The van der Waals surface area contributed by atoms with E-state index in [1.807, 2.05) is 11.0 Å². The second kappa shape index (κ2) is 4.57. The minimum atomic E-state index is -0.163. The van der Waals surface area contributed by atoms with E-state index >= 15 is 0 Å². The first kappa shape index (κ1) is 11.5. The molecule has 0 bridgehead atoms. The molecule has 18 heavy (non-hydrogen) atoms. The Bertz CT molecular complexity index is 423. The molecule has 1 aliphatic heterocycles. The normalized spacial score (nSPS) is 30.3. The number of pyridine rings is 1. The topological polar surface area (TPSA) is 65.5 Å². The molecule has 2 fully saturated rings. The lowest BCUT2D eigenvalue weighted by molar-refractivity contribution is 0.163. The fourth-order valence-corrected chi connectivity index (χ4v) is 3.07. The summed E-state index contributed by atoms with van der Waals surface area (Å²) in [5.74, 6) is 0.944. The highest BCUT2D eigenvalue weighted by Gasteiger charge is 2.41. The van der Waals surface area contributed by atoms with Crippen LogP contribution in [0.4, 0.5) is 10.5 Å². The molecule has 3 rings (SSSR count). The monoisotopic (exact) mass is 247 g/mol. The summed E-state index contributed by atoms with van der Waals surface area (Å²) >= 11 is 0. The zero-order chi connectivity index (χ0) is 12.5. The summed E-state index contributed by atoms with van der Waals surface area (Å²) in [6.07, 6.45) is 4.82. The second-order valence-corrected chi connectivity index (χ2v) is 5.22. The maximum Gasteiger partial charge on any atom is 0.321 e. The highest BCUT2D eigenvalue weighted by atomic mass is 16.3. The molecule has 0 aromatic carbocycles. The van der Waals surface area contributed by atoms with Crippen molar-refractivity contribution in [3.05, 3.63) is 24.5 Å². The Morgan fingerprint density at radius 2 is 2.11 bits per heavy atom. The van der Waals surface area contributed by atoms with Gasteiger partial charge in [-0.05, 0) is 36.8 Å². The molecule has 1 unspecified atom stereocenters. The van der Waals surface area contributed by atoms with Crippen molar-refractivity contribution in [2.75, 3.05) is 18.4 Å².